The predicted molar refractivity (Wildman–Crippen MR) is 78.3 cm³/mol. The Balaban J connectivity index is 2.01. The van der Waals surface area contributed by atoms with E-state index in [1.165, 1.54) is 0 Å². The van der Waals surface area contributed by atoms with E-state index in [0.29, 0.717) is 17.0 Å². The fourth-order valence-electron chi connectivity index (χ4n) is 1.80. The summed E-state index contributed by atoms with van der Waals surface area (Å²) in [6.07, 6.45) is -0.0446. The Bertz CT molecular complexity index is 725. The molecule has 21 heavy (non-hydrogen) atoms. The number of phenolic OH excluding ortho intramolecular Hbond substituents is 1. The summed E-state index contributed by atoms with van der Waals surface area (Å²) in [5, 5.41) is 18.3. The Kier molecular flexibility index (Phi) is 4.22. The number of hydrogen-bond acceptors (Lipinski definition) is 4. The number of amides is 1. The quantitative estimate of drug-likeness (QED) is 0.493. The molecule has 0 saturated heterocycles. The van der Waals surface area contributed by atoms with Gasteiger partial charge in [0.15, 0.2) is 0 Å². The monoisotopic (exact) mass is 288 g/mol. The van der Waals surface area contributed by atoms with Crippen LogP contribution < -0.4 is 11.0 Å². The van der Waals surface area contributed by atoms with Crippen LogP contribution >= 0.6 is 0 Å². The second kappa shape index (κ2) is 6.08. The average molecular weight is 288 g/mol. The van der Waals surface area contributed by atoms with E-state index < -0.39 is 0 Å². The Hall–Kier alpha value is -2.83. The van der Waals surface area contributed by atoms with Gasteiger partial charge in [-0.1, -0.05) is 0 Å². The third kappa shape index (κ3) is 3.59. The first-order valence-corrected chi connectivity index (χ1v) is 6.36. The zero-order chi connectivity index (χ0) is 15.4. The van der Waals surface area contributed by atoms with Crippen molar-refractivity contribution in [1.29, 1.82) is 0 Å². The molecule has 0 aliphatic rings. The van der Waals surface area contributed by atoms with Gasteiger partial charge in [-0.25, -0.2) is 5.43 Å². The van der Waals surface area contributed by atoms with Crippen LogP contribution in [0.15, 0.2) is 34.2 Å². The van der Waals surface area contributed by atoms with Crippen molar-refractivity contribution in [2.45, 2.75) is 20.3 Å². The lowest BCUT2D eigenvalue weighted by atomic mass is 10.1. The van der Waals surface area contributed by atoms with Gasteiger partial charge in [0.2, 0.25) is 5.91 Å². The summed E-state index contributed by atoms with van der Waals surface area (Å²) in [5.74, 6) is -0.209. The number of carbonyl (C=O) groups excluding carboxylic acids is 1. The lowest BCUT2D eigenvalue weighted by Crippen LogP contribution is -2.24. The van der Waals surface area contributed by atoms with Gasteiger partial charge < -0.3 is 10.2 Å². The third-order valence-electron chi connectivity index (χ3n) is 3.06. The molecule has 7 nitrogen and oxygen atoms in total. The molecule has 0 fully saturated rings. The van der Waals surface area contributed by atoms with Crippen molar-refractivity contribution in [3.63, 3.8) is 0 Å². The van der Waals surface area contributed by atoms with E-state index in [9.17, 15) is 14.7 Å². The summed E-state index contributed by atoms with van der Waals surface area (Å²) in [7, 11) is 0. The van der Waals surface area contributed by atoms with Crippen LogP contribution in [0.1, 0.15) is 23.7 Å². The topological polar surface area (TPSA) is 110 Å². The third-order valence-corrected chi connectivity index (χ3v) is 3.06. The normalized spacial score (nSPS) is 11.4. The number of aromatic hydroxyl groups is 1. The number of hydrazone groups is 1. The van der Waals surface area contributed by atoms with Crippen molar-refractivity contribution in [2.75, 3.05) is 0 Å². The Morgan fingerprint density at radius 2 is 1.95 bits per heavy atom. The Morgan fingerprint density at radius 3 is 2.52 bits per heavy atom. The molecule has 0 unspecified atom stereocenters. The van der Waals surface area contributed by atoms with Gasteiger partial charge in [0.1, 0.15) is 5.75 Å². The SMILES string of the molecule is C/C(=N\NC(=O)Cc1c(C)[nH][nH]c1=O)c1ccc(O)cc1. The van der Waals surface area contributed by atoms with E-state index in [1.54, 1.807) is 38.1 Å². The molecule has 0 aliphatic carbocycles. The second-order valence-corrected chi connectivity index (χ2v) is 4.64. The molecule has 0 bridgehead atoms. The van der Waals surface area contributed by atoms with E-state index in [-0.39, 0.29) is 23.6 Å². The highest BCUT2D eigenvalue weighted by atomic mass is 16.3. The number of hydrogen-bond donors (Lipinski definition) is 4. The predicted octanol–water partition coefficient (Wildman–Crippen LogP) is 0.800. The molecule has 0 saturated carbocycles. The van der Waals surface area contributed by atoms with Crippen LogP contribution in [0.25, 0.3) is 0 Å². The van der Waals surface area contributed by atoms with Gasteiger partial charge >= 0.3 is 0 Å². The fraction of sp³-hybridized carbons (Fsp3) is 0.214. The number of aromatic amines is 2. The summed E-state index contributed by atoms with van der Waals surface area (Å²) in [6, 6.07) is 6.47. The van der Waals surface area contributed by atoms with E-state index >= 15 is 0 Å². The van der Waals surface area contributed by atoms with Crippen molar-refractivity contribution < 1.29 is 9.90 Å². The van der Waals surface area contributed by atoms with Crippen LogP contribution in [0.4, 0.5) is 0 Å². The molecule has 1 aromatic heterocycles. The molecule has 1 amide bonds. The Morgan fingerprint density at radius 1 is 1.29 bits per heavy atom. The van der Waals surface area contributed by atoms with Crippen LogP contribution in [0, 0.1) is 6.92 Å². The Labute approximate surface area is 120 Å². The molecule has 0 aliphatic heterocycles. The molecule has 4 N–H and O–H groups in total. The van der Waals surface area contributed by atoms with Crippen LogP contribution in [-0.2, 0) is 11.2 Å². The second-order valence-electron chi connectivity index (χ2n) is 4.64. The van der Waals surface area contributed by atoms with Crippen LogP contribution in [0.2, 0.25) is 0 Å². The largest absolute Gasteiger partial charge is 0.508 e. The van der Waals surface area contributed by atoms with Crippen LogP contribution in [-0.4, -0.2) is 26.9 Å². The smallest absolute Gasteiger partial charge is 0.267 e. The van der Waals surface area contributed by atoms with Crippen LogP contribution in [0.3, 0.4) is 0 Å². The van der Waals surface area contributed by atoms with Gasteiger partial charge in [-0.15, -0.1) is 0 Å². The molecule has 2 aromatic rings. The number of phenols is 1. The van der Waals surface area contributed by atoms with E-state index in [0.717, 1.165) is 5.56 Å². The number of aromatic nitrogens is 2. The molecular weight excluding hydrogens is 272 g/mol. The summed E-state index contributed by atoms with van der Waals surface area (Å²) in [5.41, 5.74) is 4.51. The fourth-order valence-corrected chi connectivity index (χ4v) is 1.80. The molecule has 0 radical (unpaired) electrons. The first-order chi connectivity index (χ1) is 9.97. The number of nitrogens with one attached hydrogen (secondary N) is 3. The van der Waals surface area contributed by atoms with Crippen LogP contribution in [0.5, 0.6) is 5.75 Å². The highest BCUT2D eigenvalue weighted by Crippen LogP contribution is 2.10. The number of carbonyl (C=O) groups is 1. The van der Waals surface area contributed by atoms with Gasteiger partial charge in [0.25, 0.3) is 5.56 Å². The maximum atomic E-state index is 11.8. The number of aryl methyl sites for hydroxylation is 1. The van der Waals surface area contributed by atoms with Gasteiger partial charge in [-0.05, 0) is 43.7 Å². The van der Waals surface area contributed by atoms with Gasteiger partial charge in [0.05, 0.1) is 12.1 Å². The average Bonchev–Trinajstić information content (AvgIpc) is 2.77. The summed E-state index contributed by atoms with van der Waals surface area (Å²) >= 11 is 0. The van der Waals surface area contributed by atoms with E-state index in [4.69, 9.17) is 0 Å². The first kappa shape index (κ1) is 14.6. The lowest BCUT2D eigenvalue weighted by molar-refractivity contribution is -0.120. The molecule has 1 heterocycles. The highest BCUT2D eigenvalue weighted by Gasteiger charge is 2.11. The molecule has 2 rings (SSSR count). The highest BCUT2D eigenvalue weighted by molar-refractivity contribution is 5.99. The zero-order valence-corrected chi connectivity index (χ0v) is 11.7. The maximum Gasteiger partial charge on any atom is 0.267 e. The van der Waals surface area contributed by atoms with Gasteiger partial charge in [-0.2, -0.15) is 5.10 Å². The molecule has 1 aromatic carbocycles. The lowest BCUT2D eigenvalue weighted by Gasteiger charge is -2.03. The molecule has 0 spiro atoms. The van der Waals surface area contributed by atoms with E-state index in [1.807, 2.05) is 0 Å². The molecule has 110 valence electrons. The van der Waals surface area contributed by atoms with Crippen molar-refractivity contribution in [2.24, 2.45) is 5.10 Å². The molecule has 7 heteroatoms. The van der Waals surface area contributed by atoms with Gasteiger partial charge in [-0.3, -0.25) is 14.7 Å². The standard InChI is InChI=1S/C14H16N4O3/c1-8(10-3-5-11(19)6-4-10)15-17-13(20)7-12-9(2)16-18-14(12)21/h3-6,19H,7H2,1-2H3,(H,17,20)(H2,16,18,21)/b15-8+. The summed E-state index contributed by atoms with van der Waals surface area (Å²) < 4.78 is 0. The molecule has 0 atom stereocenters. The van der Waals surface area contributed by atoms with Crippen molar-refractivity contribution in [1.82, 2.24) is 15.6 Å². The maximum absolute atomic E-state index is 11.8. The number of benzene rings is 1. The van der Waals surface area contributed by atoms with Crippen molar-refractivity contribution in [3.8, 4) is 5.75 Å². The summed E-state index contributed by atoms with van der Waals surface area (Å²) in [6.45, 7) is 3.45. The minimum absolute atomic E-state index is 0.0446. The first-order valence-electron chi connectivity index (χ1n) is 6.36. The number of rotatable bonds is 4. The molecular formula is C14H16N4O3. The number of H-pyrrole nitrogens is 2. The van der Waals surface area contributed by atoms with Crippen molar-refractivity contribution >= 4 is 11.6 Å². The van der Waals surface area contributed by atoms with Crippen molar-refractivity contribution in [3.05, 3.63) is 51.4 Å². The number of nitrogens with zero attached hydrogens (tertiary/aromatic N) is 1. The minimum atomic E-state index is -0.374. The minimum Gasteiger partial charge on any atom is -0.508 e. The van der Waals surface area contributed by atoms with E-state index in [2.05, 4.69) is 20.7 Å². The zero-order valence-electron chi connectivity index (χ0n) is 11.7. The van der Waals surface area contributed by atoms with Gasteiger partial charge in [0, 0.05) is 11.3 Å². The summed E-state index contributed by atoms with van der Waals surface area (Å²) in [4.78, 5) is 23.2.